The molecular formula is C21H24FN3O. The summed E-state index contributed by atoms with van der Waals surface area (Å²) in [7, 11) is 0. The minimum atomic E-state index is -0.461. The number of benzene rings is 1. The highest BCUT2D eigenvalue weighted by Crippen LogP contribution is 2.32. The number of hydrogen-bond acceptors (Lipinski definition) is 3. The van der Waals surface area contributed by atoms with Crippen molar-refractivity contribution >= 4 is 5.91 Å². The molecule has 0 spiro atoms. The van der Waals surface area contributed by atoms with E-state index in [0.29, 0.717) is 6.54 Å². The third kappa shape index (κ3) is 3.49. The van der Waals surface area contributed by atoms with Gasteiger partial charge in [0.05, 0.1) is 17.3 Å². The molecule has 1 unspecified atom stereocenters. The number of nitrogens with zero attached hydrogens (tertiary/aromatic N) is 3. The minimum absolute atomic E-state index is 0.0667. The molecule has 1 aromatic heterocycles. The van der Waals surface area contributed by atoms with Gasteiger partial charge in [0.25, 0.3) is 5.91 Å². The zero-order chi connectivity index (χ0) is 17.9. The molecule has 1 atom stereocenters. The first-order valence-electron chi connectivity index (χ1n) is 9.45. The summed E-state index contributed by atoms with van der Waals surface area (Å²) >= 11 is 0. The fourth-order valence-electron chi connectivity index (χ4n) is 4.03. The summed E-state index contributed by atoms with van der Waals surface area (Å²) < 4.78 is 14.0. The molecule has 26 heavy (non-hydrogen) atoms. The first-order valence-corrected chi connectivity index (χ1v) is 9.45. The fourth-order valence-corrected chi connectivity index (χ4v) is 4.03. The lowest BCUT2D eigenvalue weighted by molar-refractivity contribution is 0.0728. The Labute approximate surface area is 153 Å². The van der Waals surface area contributed by atoms with Gasteiger partial charge in [-0.1, -0.05) is 18.2 Å². The van der Waals surface area contributed by atoms with Crippen LogP contribution < -0.4 is 0 Å². The average Bonchev–Trinajstić information content (AvgIpc) is 3.34. The van der Waals surface area contributed by atoms with Crippen molar-refractivity contribution in [3.63, 3.8) is 0 Å². The molecule has 136 valence electrons. The van der Waals surface area contributed by atoms with Crippen molar-refractivity contribution in [2.75, 3.05) is 19.6 Å². The molecular weight excluding hydrogens is 329 g/mol. The van der Waals surface area contributed by atoms with Crippen molar-refractivity contribution in [3.8, 4) is 0 Å². The molecule has 4 nitrogen and oxygen atoms in total. The summed E-state index contributed by atoms with van der Waals surface area (Å²) in [6.07, 6.45) is 6.28. The molecule has 0 aliphatic carbocycles. The zero-order valence-electron chi connectivity index (χ0n) is 14.9. The van der Waals surface area contributed by atoms with Crippen LogP contribution in [0.1, 0.15) is 53.3 Å². The van der Waals surface area contributed by atoms with Gasteiger partial charge in [-0.15, -0.1) is 0 Å². The van der Waals surface area contributed by atoms with Crippen molar-refractivity contribution in [1.29, 1.82) is 0 Å². The molecule has 2 aliphatic heterocycles. The molecule has 5 heteroatoms. The van der Waals surface area contributed by atoms with E-state index in [9.17, 15) is 9.18 Å². The molecule has 0 N–H and O–H groups in total. The van der Waals surface area contributed by atoms with Gasteiger partial charge in [-0.3, -0.25) is 14.7 Å². The van der Waals surface area contributed by atoms with Gasteiger partial charge < -0.3 is 4.90 Å². The monoisotopic (exact) mass is 353 g/mol. The lowest BCUT2D eigenvalue weighted by atomic mass is 10.1. The van der Waals surface area contributed by atoms with Gasteiger partial charge in [0.15, 0.2) is 0 Å². The number of hydrogen-bond donors (Lipinski definition) is 0. The summed E-state index contributed by atoms with van der Waals surface area (Å²) in [4.78, 5) is 21.6. The van der Waals surface area contributed by atoms with Crippen molar-refractivity contribution in [3.05, 3.63) is 65.2 Å². The van der Waals surface area contributed by atoms with Crippen molar-refractivity contribution in [1.82, 2.24) is 14.8 Å². The SMILES string of the molecule is O=C(c1ccccc1F)N1CCCC1c1ccc(CN2CCCC2)cn1. The van der Waals surface area contributed by atoms with E-state index in [0.717, 1.165) is 38.2 Å². The molecule has 1 aromatic carbocycles. The smallest absolute Gasteiger partial charge is 0.257 e. The highest BCUT2D eigenvalue weighted by molar-refractivity contribution is 5.94. The third-order valence-electron chi connectivity index (χ3n) is 5.41. The molecule has 1 amide bonds. The molecule has 3 heterocycles. The normalized spacial score (nSPS) is 20.7. The molecule has 2 saturated heterocycles. The van der Waals surface area contributed by atoms with Crippen LogP contribution in [-0.2, 0) is 6.54 Å². The van der Waals surface area contributed by atoms with Gasteiger partial charge in [0.2, 0.25) is 0 Å². The molecule has 0 radical (unpaired) electrons. The molecule has 0 saturated carbocycles. The van der Waals surface area contributed by atoms with E-state index >= 15 is 0 Å². The second kappa shape index (κ2) is 7.54. The maximum absolute atomic E-state index is 14.0. The molecule has 4 rings (SSSR count). The van der Waals surface area contributed by atoms with Gasteiger partial charge in [-0.05, 0) is 62.5 Å². The van der Waals surface area contributed by atoms with E-state index in [-0.39, 0.29) is 17.5 Å². The predicted molar refractivity (Wildman–Crippen MR) is 98.2 cm³/mol. The molecule has 2 aromatic rings. The van der Waals surface area contributed by atoms with Crippen molar-refractivity contribution < 1.29 is 9.18 Å². The minimum Gasteiger partial charge on any atom is -0.330 e. The van der Waals surface area contributed by atoms with Gasteiger partial charge in [0.1, 0.15) is 5.82 Å². The second-order valence-corrected chi connectivity index (χ2v) is 7.21. The molecule has 0 bridgehead atoms. The van der Waals surface area contributed by atoms with Gasteiger partial charge in [-0.25, -0.2) is 4.39 Å². The Balaban J connectivity index is 1.49. The van der Waals surface area contributed by atoms with Crippen molar-refractivity contribution in [2.24, 2.45) is 0 Å². The highest BCUT2D eigenvalue weighted by atomic mass is 19.1. The topological polar surface area (TPSA) is 36.4 Å². The molecule has 2 aliphatic rings. The second-order valence-electron chi connectivity index (χ2n) is 7.21. The van der Waals surface area contributed by atoms with E-state index in [4.69, 9.17) is 0 Å². The van der Waals surface area contributed by atoms with Crippen LogP contribution in [0.4, 0.5) is 4.39 Å². The Morgan fingerprint density at radius 2 is 1.88 bits per heavy atom. The van der Waals surface area contributed by atoms with Crippen LogP contribution in [0.15, 0.2) is 42.6 Å². The maximum atomic E-state index is 14.0. The quantitative estimate of drug-likeness (QED) is 0.839. The Hall–Kier alpha value is -2.27. The first kappa shape index (κ1) is 17.2. The standard InChI is InChI=1S/C21H24FN3O/c22-18-7-2-1-6-17(18)21(26)25-13-5-8-20(25)19-10-9-16(14-23-19)15-24-11-3-4-12-24/h1-2,6-7,9-10,14,20H,3-5,8,11-13,15H2. The Morgan fingerprint density at radius 3 is 2.62 bits per heavy atom. The average molecular weight is 353 g/mol. The summed E-state index contributed by atoms with van der Waals surface area (Å²) in [5.74, 6) is -0.703. The van der Waals surface area contributed by atoms with E-state index in [2.05, 4.69) is 16.0 Å². The van der Waals surface area contributed by atoms with E-state index in [1.54, 1.807) is 23.1 Å². The first-order chi connectivity index (χ1) is 12.7. The maximum Gasteiger partial charge on any atom is 0.257 e. The van der Waals surface area contributed by atoms with Crippen LogP contribution in [0.25, 0.3) is 0 Å². The number of carbonyl (C=O) groups excluding carboxylic acids is 1. The number of amides is 1. The molecule has 2 fully saturated rings. The van der Waals surface area contributed by atoms with Crippen LogP contribution in [0, 0.1) is 5.82 Å². The fraction of sp³-hybridized carbons (Fsp3) is 0.429. The Kier molecular flexibility index (Phi) is 4.98. The Morgan fingerprint density at radius 1 is 1.08 bits per heavy atom. The third-order valence-corrected chi connectivity index (χ3v) is 5.41. The largest absolute Gasteiger partial charge is 0.330 e. The highest BCUT2D eigenvalue weighted by Gasteiger charge is 2.32. The number of pyridine rings is 1. The van der Waals surface area contributed by atoms with E-state index in [1.807, 2.05) is 12.3 Å². The van der Waals surface area contributed by atoms with Gasteiger partial charge in [-0.2, -0.15) is 0 Å². The van der Waals surface area contributed by atoms with Gasteiger partial charge in [0, 0.05) is 19.3 Å². The van der Waals surface area contributed by atoms with Gasteiger partial charge >= 0.3 is 0 Å². The van der Waals surface area contributed by atoms with Crippen LogP contribution in [-0.4, -0.2) is 40.3 Å². The van der Waals surface area contributed by atoms with Crippen LogP contribution in [0.3, 0.4) is 0 Å². The number of rotatable bonds is 4. The summed E-state index contributed by atoms with van der Waals surface area (Å²) in [6, 6.07) is 10.3. The summed E-state index contributed by atoms with van der Waals surface area (Å²) in [6.45, 7) is 3.91. The Bertz CT molecular complexity index is 771. The van der Waals surface area contributed by atoms with E-state index in [1.165, 1.54) is 24.5 Å². The number of halogens is 1. The summed E-state index contributed by atoms with van der Waals surface area (Å²) in [5.41, 5.74) is 2.25. The lowest BCUT2D eigenvalue weighted by Crippen LogP contribution is -2.31. The van der Waals surface area contributed by atoms with Crippen molar-refractivity contribution in [2.45, 2.75) is 38.3 Å². The lowest BCUT2D eigenvalue weighted by Gasteiger charge is -2.25. The number of carbonyl (C=O) groups is 1. The number of likely N-dealkylation sites (tertiary alicyclic amines) is 2. The number of aromatic nitrogens is 1. The zero-order valence-corrected chi connectivity index (χ0v) is 14.9. The van der Waals surface area contributed by atoms with Crippen LogP contribution in [0.2, 0.25) is 0 Å². The van der Waals surface area contributed by atoms with E-state index < -0.39 is 5.82 Å². The van der Waals surface area contributed by atoms with Crippen LogP contribution in [0.5, 0.6) is 0 Å². The predicted octanol–water partition coefficient (Wildman–Crippen LogP) is 3.79. The summed E-state index contributed by atoms with van der Waals surface area (Å²) in [5, 5.41) is 0. The van der Waals surface area contributed by atoms with Crippen LogP contribution >= 0.6 is 0 Å².